The van der Waals surface area contributed by atoms with Crippen LogP contribution in [0.4, 0.5) is 0 Å². The third-order valence-corrected chi connectivity index (χ3v) is 3.10. The van der Waals surface area contributed by atoms with Crippen LogP contribution in [-0.4, -0.2) is 4.74 Å². The molecule has 88 valence electrons. The van der Waals surface area contributed by atoms with Crippen LogP contribution in [-0.2, 0) is 0 Å². The summed E-state index contributed by atoms with van der Waals surface area (Å²) in [6.45, 7) is 8.44. The Bertz CT molecular complexity index is 451. The lowest BCUT2D eigenvalue weighted by Crippen LogP contribution is -1.91. The number of aromatic hydroxyl groups is 2. The number of benzene rings is 2. The molecule has 0 bridgehead atoms. The van der Waals surface area contributed by atoms with Gasteiger partial charge in [-0.3, -0.25) is 0 Å². The average molecular weight is 227 g/mol. The van der Waals surface area contributed by atoms with Crippen molar-refractivity contribution in [3.63, 3.8) is 0 Å². The molecule has 0 aliphatic rings. The minimum absolute atomic E-state index is 1.10. The summed E-state index contributed by atoms with van der Waals surface area (Å²) in [4.78, 5) is 0. The fourth-order valence-corrected chi connectivity index (χ4v) is 2.08. The number of hydrogen-bond acceptors (Lipinski definition) is 0. The van der Waals surface area contributed by atoms with E-state index in [0.29, 0.717) is 0 Å². The first-order valence-electron chi connectivity index (χ1n) is 5.94. The van der Waals surface area contributed by atoms with Crippen molar-refractivity contribution in [2.24, 2.45) is 0 Å². The molecule has 0 amide bonds. The third-order valence-electron chi connectivity index (χ3n) is 3.10. The second kappa shape index (κ2) is 4.62. The Kier molecular flexibility index (Phi) is 3.19. The van der Waals surface area contributed by atoms with Gasteiger partial charge in [-0.25, -0.2) is 0 Å². The first-order chi connectivity index (χ1) is 8.09. The highest BCUT2D eigenvalue weighted by atomic mass is 16.5. The maximum absolute atomic E-state index is 4.84. The van der Waals surface area contributed by atoms with Gasteiger partial charge in [-0.15, -0.1) is 0 Å². The standard InChI is InChI=1S/C16H18O/c1-11-7-5-8-12(2)15(11)17-16-13(3)9-6-10-14(16)4/h5-10H,1-4H3/p+1. The molecule has 0 aliphatic heterocycles. The van der Waals surface area contributed by atoms with Crippen LogP contribution >= 0.6 is 0 Å². The van der Waals surface area contributed by atoms with Gasteiger partial charge < -0.3 is 4.74 Å². The van der Waals surface area contributed by atoms with Crippen molar-refractivity contribution in [1.82, 2.24) is 0 Å². The molecule has 17 heavy (non-hydrogen) atoms. The highest BCUT2D eigenvalue weighted by molar-refractivity contribution is 5.46. The van der Waals surface area contributed by atoms with E-state index < -0.39 is 0 Å². The summed E-state index contributed by atoms with van der Waals surface area (Å²) in [5.74, 6) is 2.20. The van der Waals surface area contributed by atoms with E-state index >= 15 is 0 Å². The van der Waals surface area contributed by atoms with Crippen LogP contribution in [0.1, 0.15) is 22.3 Å². The molecule has 0 atom stereocenters. The van der Waals surface area contributed by atoms with E-state index in [1.165, 1.54) is 22.3 Å². The molecule has 0 spiro atoms. The van der Waals surface area contributed by atoms with Gasteiger partial charge >= 0.3 is 0 Å². The van der Waals surface area contributed by atoms with Crippen molar-refractivity contribution in [2.75, 3.05) is 0 Å². The predicted octanol–water partition coefficient (Wildman–Crippen LogP) is 4.58. The number of para-hydroxylation sites is 2. The Morgan fingerprint density at radius 2 is 0.882 bits per heavy atom. The predicted molar refractivity (Wildman–Crippen MR) is 72.9 cm³/mol. The van der Waals surface area contributed by atoms with Crippen molar-refractivity contribution in [2.45, 2.75) is 27.7 Å². The van der Waals surface area contributed by atoms with Crippen molar-refractivity contribution < 1.29 is 4.74 Å². The van der Waals surface area contributed by atoms with E-state index in [0.717, 1.165) is 11.5 Å². The van der Waals surface area contributed by atoms with E-state index in [4.69, 9.17) is 4.74 Å². The molecule has 1 heteroatoms. The summed E-state index contributed by atoms with van der Waals surface area (Å²) in [6, 6.07) is 12.6. The van der Waals surface area contributed by atoms with Crippen LogP contribution in [0.2, 0.25) is 0 Å². The van der Waals surface area contributed by atoms with Gasteiger partial charge in [0.2, 0.25) is 0 Å². The Morgan fingerprint density at radius 1 is 0.588 bits per heavy atom. The summed E-state index contributed by atoms with van der Waals surface area (Å²) in [5, 5.41) is 0. The lowest BCUT2D eigenvalue weighted by Gasteiger charge is -2.11. The molecular weight excluding hydrogens is 208 g/mol. The Hall–Kier alpha value is -1.76. The summed E-state index contributed by atoms with van der Waals surface area (Å²) in [7, 11) is 0. The van der Waals surface area contributed by atoms with Crippen LogP contribution in [0, 0.1) is 27.7 Å². The molecule has 2 aromatic carbocycles. The van der Waals surface area contributed by atoms with Gasteiger partial charge in [0.1, 0.15) is 0 Å². The fourth-order valence-electron chi connectivity index (χ4n) is 2.08. The van der Waals surface area contributed by atoms with Gasteiger partial charge in [-0.05, 0) is 27.7 Å². The normalized spacial score (nSPS) is 10.4. The van der Waals surface area contributed by atoms with Gasteiger partial charge in [0, 0.05) is 22.3 Å². The Labute approximate surface area is 103 Å². The lowest BCUT2D eigenvalue weighted by molar-refractivity contribution is 0.191. The Morgan fingerprint density at radius 3 is 1.18 bits per heavy atom. The molecule has 0 saturated carbocycles. The van der Waals surface area contributed by atoms with E-state index in [1.54, 1.807) is 0 Å². The monoisotopic (exact) mass is 227 g/mol. The second-order valence-electron chi connectivity index (χ2n) is 4.59. The zero-order valence-electron chi connectivity index (χ0n) is 10.9. The van der Waals surface area contributed by atoms with Crippen LogP contribution in [0.15, 0.2) is 36.4 Å². The topological polar surface area (TPSA) is 12.8 Å². The summed E-state index contributed by atoms with van der Waals surface area (Å²) >= 11 is 0. The molecule has 0 aliphatic carbocycles. The average Bonchev–Trinajstić information content (AvgIpc) is 2.27. The molecule has 0 radical (unpaired) electrons. The van der Waals surface area contributed by atoms with E-state index in [2.05, 4.69) is 64.1 Å². The zero-order valence-corrected chi connectivity index (χ0v) is 10.9. The fraction of sp³-hybridized carbons (Fsp3) is 0.250. The first-order valence-corrected chi connectivity index (χ1v) is 5.94. The third kappa shape index (κ3) is 2.33. The molecule has 2 rings (SSSR count). The number of ether oxygens (including phenoxy) is 1. The van der Waals surface area contributed by atoms with Crippen LogP contribution in [0.25, 0.3) is 0 Å². The summed E-state index contributed by atoms with van der Waals surface area (Å²) in [6.07, 6.45) is 0. The molecule has 0 fully saturated rings. The molecular formula is C16H19O+. The number of hydrogen-bond donors (Lipinski definition) is 0. The molecule has 0 heterocycles. The molecule has 0 saturated heterocycles. The number of rotatable bonds is 2. The summed E-state index contributed by atoms with van der Waals surface area (Å²) < 4.78 is 4.84. The van der Waals surface area contributed by atoms with Gasteiger partial charge in [0.05, 0.1) is 0 Å². The Balaban J connectivity index is 2.45. The molecule has 0 aromatic heterocycles. The van der Waals surface area contributed by atoms with Gasteiger partial charge in [0.15, 0.2) is 0 Å². The van der Waals surface area contributed by atoms with Gasteiger partial charge in [0.25, 0.3) is 11.5 Å². The van der Waals surface area contributed by atoms with E-state index in [9.17, 15) is 0 Å². The van der Waals surface area contributed by atoms with Crippen molar-refractivity contribution in [3.05, 3.63) is 58.7 Å². The highest BCUT2D eigenvalue weighted by Gasteiger charge is 2.14. The molecule has 1 nitrogen and oxygen atoms in total. The lowest BCUT2D eigenvalue weighted by atomic mass is 10.1. The quantitative estimate of drug-likeness (QED) is 0.666. The summed E-state index contributed by atoms with van der Waals surface area (Å²) in [5.41, 5.74) is 4.92. The van der Waals surface area contributed by atoms with Crippen LogP contribution in [0.3, 0.4) is 0 Å². The van der Waals surface area contributed by atoms with Crippen molar-refractivity contribution >= 4 is 0 Å². The maximum atomic E-state index is 4.84. The zero-order chi connectivity index (χ0) is 12.4. The largest absolute Gasteiger partial charge is 0.545 e. The smallest absolute Gasteiger partial charge is 0.266 e. The van der Waals surface area contributed by atoms with Gasteiger partial charge in [-0.1, -0.05) is 36.4 Å². The van der Waals surface area contributed by atoms with Crippen molar-refractivity contribution in [1.29, 1.82) is 0 Å². The number of aryl methyl sites for hydroxylation is 4. The van der Waals surface area contributed by atoms with Crippen LogP contribution < -0.4 is 0 Å². The molecule has 2 aromatic rings. The molecule has 1 N–H and O–H groups in total. The second-order valence-corrected chi connectivity index (χ2v) is 4.59. The first kappa shape index (κ1) is 11.7. The minimum atomic E-state index is 1.10. The minimum Gasteiger partial charge on any atom is -0.545 e. The highest BCUT2D eigenvalue weighted by Crippen LogP contribution is 2.33. The SMILES string of the molecule is Cc1cccc(C)c1[OH+]c1c(C)cccc1C. The maximum Gasteiger partial charge on any atom is 0.266 e. The van der Waals surface area contributed by atoms with E-state index in [-0.39, 0.29) is 0 Å². The van der Waals surface area contributed by atoms with Crippen molar-refractivity contribution in [3.8, 4) is 11.5 Å². The van der Waals surface area contributed by atoms with E-state index in [1.807, 2.05) is 0 Å². The van der Waals surface area contributed by atoms with Gasteiger partial charge in [-0.2, -0.15) is 0 Å². The van der Waals surface area contributed by atoms with Crippen LogP contribution in [0.5, 0.6) is 11.5 Å². The molecule has 0 unspecified atom stereocenters.